The van der Waals surface area contributed by atoms with E-state index < -0.39 is 5.97 Å². The van der Waals surface area contributed by atoms with E-state index in [2.05, 4.69) is 15.0 Å². The lowest BCUT2D eigenvalue weighted by molar-refractivity contribution is -0.131. The molecule has 3 aromatic rings. The monoisotopic (exact) mass is 269 g/mol. The SMILES string of the molecule is Cc1nc(-c2ccco2)nc2[nH]cc(/C=C/C(=O)O)c12. The highest BCUT2D eigenvalue weighted by molar-refractivity contribution is 5.93. The van der Waals surface area contributed by atoms with Crippen LogP contribution in [0.1, 0.15) is 11.3 Å². The number of H-pyrrole nitrogens is 1. The smallest absolute Gasteiger partial charge is 0.328 e. The maximum Gasteiger partial charge on any atom is 0.328 e. The number of hydrogen-bond acceptors (Lipinski definition) is 4. The highest BCUT2D eigenvalue weighted by Crippen LogP contribution is 2.24. The largest absolute Gasteiger partial charge is 0.478 e. The van der Waals surface area contributed by atoms with Gasteiger partial charge < -0.3 is 14.5 Å². The van der Waals surface area contributed by atoms with Gasteiger partial charge in [0, 0.05) is 23.2 Å². The highest BCUT2D eigenvalue weighted by Gasteiger charge is 2.12. The van der Waals surface area contributed by atoms with Crippen molar-refractivity contribution in [3.8, 4) is 11.6 Å². The molecule has 0 saturated heterocycles. The summed E-state index contributed by atoms with van der Waals surface area (Å²) in [5, 5.41) is 9.49. The van der Waals surface area contributed by atoms with Gasteiger partial charge >= 0.3 is 5.97 Å². The molecule has 0 aliphatic rings. The molecule has 0 amide bonds. The number of aromatic amines is 1. The molecular weight excluding hydrogens is 258 g/mol. The summed E-state index contributed by atoms with van der Waals surface area (Å²) < 4.78 is 5.28. The molecule has 20 heavy (non-hydrogen) atoms. The quantitative estimate of drug-likeness (QED) is 0.713. The number of carboxylic acids is 1. The summed E-state index contributed by atoms with van der Waals surface area (Å²) in [5.74, 6) is 0.0907. The van der Waals surface area contributed by atoms with Crippen LogP contribution in [0.25, 0.3) is 28.7 Å². The first-order valence-electron chi connectivity index (χ1n) is 5.96. The maximum atomic E-state index is 10.6. The second kappa shape index (κ2) is 4.65. The van der Waals surface area contributed by atoms with Crippen molar-refractivity contribution in [3.63, 3.8) is 0 Å². The van der Waals surface area contributed by atoms with E-state index in [1.165, 1.54) is 6.08 Å². The van der Waals surface area contributed by atoms with E-state index in [0.717, 1.165) is 22.7 Å². The van der Waals surface area contributed by atoms with E-state index in [0.29, 0.717) is 17.2 Å². The summed E-state index contributed by atoms with van der Waals surface area (Å²) in [6.07, 6.45) is 5.87. The van der Waals surface area contributed by atoms with E-state index in [1.54, 1.807) is 24.6 Å². The number of aryl methyl sites for hydroxylation is 1. The normalized spacial score (nSPS) is 11.4. The zero-order valence-electron chi connectivity index (χ0n) is 10.6. The summed E-state index contributed by atoms with van der Waals surface area (Å²) in [7, 11) is 0. The third-order valence-corrected chi connectivity index (χ3v) is 2.89. The first-order valence-corrected chi connectivity index (χ1v) is 5.96. The first-order chi connectivity index (χ1) is 9.65. The minimum atomic E-state index is -0.995. The van der Waals surface area contributed by atoms with Crippen molar-refractivity contribution in [2.24, 2.45) is 0 Å². The molecule has 0 fully saturated rings. The van der Waals surface area contributed by atoms with Crippen LogP contribution in [0.5, 0.6) is 0 Å². The van der Waals surface area contributed by atoms with Gasteiger partial charge in [-0.2, -0.15) is 0 Å². The van der Waals surface area contributed by atoms with Crippen LogP contribution in [-0.4, -0.2) is 26.0 Å². The van der Waals surface area contributed by atoms with Gasteiger partial charge in [-0.05, 0) is 25.1 Å². The molecule has 3 rings (SSSR count). The molecule has 0 aromatic carbocycles. The average molecular weight is 269 g/mol. The summed E-state index contributed by atoms with van der Waals surface area (Å²) >= 11 is 0. The van der Waals surface area contributed by atoms with E-state index in [1.807, 2.05) is 6.92 Å². The van der Waals surface area contributed by atoms with Crippen molar-refractivity contribution in [1.82, 2.24) is 15.0 Å². The minimum Gasteiger partial charge on any atom is -0.478 e. The Bertz CT molecular complexity index is 801. The zero-order valence-corrected chi connectivity index (χ0v) is 10.6. The van der Waals surface area contributed by atoms with Crippen molar-refractivity contribution < 1.29 is 14.3 Å². The van der Waals surface area contributed by atoms with Crippen LogP contribution in [0.4, 0.5) is 0 Å². The van der Waals surface area contributed by atoms with Gasteiger partial charge in [0.2, 0.25) is 0 Å². The zero-order chi connectivity index (χ0) is 14.1. The Kier molecular flexibility index (Phi) is 2.83. The number of aromatic nitrogens is 3. The maximum absolute atomic E-state index is 10.6. The molecule has 0 aliphatic carbocycles. The number of carbonyl (C=O) groups is 1. The Hall–Kier alpha value is -2.89. The topological polar surface area (TPSA) is 92.0 Å². The van der Waals surface area contributed by atoms with Gasteiger partial charge in [0.15, 0.2) is 11.6 Å². The lowest BCUT2D eigenvalue weighted by atomic mass is 10.2. The molecule has 0 bridgehead atoms. The minimum absolute atomic E-state index is 0.496. The van der Waals surface area contributed by atoms with Crippen molar-refractivity contribution in [1.29, 1.82) is 0 Å². The van der Waals surface area contributed by atoms with Crippen molar-refractivity contribution in [3.05, 3.63) is 41.9 Å². The van der Waals surface area contributed by atoms with E-state index in [-0.39, 0.29) is 0 Å². The number of aliphatic carboxylic acids is 1. The summed E-state index contributed by atoms with van der Waals surface area (Å²) in [5.41, 5.74) is 2.15. The molecule has 0 radical (unpaired) electrons. The number of nitrogens with zero attached hydrogens (tertiary/aromatic N) is 2. The molecule has 0 saturated carbocycles. The van der Waals surface area contributed by atoms with E-state index in [4.69, 9.17) is 9.52 Å². The van der Waals surface area contributed by atoms with Crippen molar-refractivity contribution >= 4 is 23.1 Å². The second-order valence-corrected chi connectivity index (χ2v) is 4.25. The number of rotatable bonds is 3. The van der Waals surface area contributed by atoms with Gasteiger partial charge in [-0.3, -0.25) is 0 Å². The van der Waals surface area contributed by atoms with Gasteiger partial charge in [0.25, 0.3) is 0 Å². The lowest BCUT2D eigenvalue weighted by Crippen LogP contribution is -1.93. The first kappa shape index (κ1) is 12.2. The fourth-order valence-corrected chi connectivity index (χ4v) is 2.05. The number of furan rings is 1. The van der Waals surface area contributed by atoms with Gasteiger partial charge in [0.1, 0.15) is 5.65 Å². The average Bonchev–Trinajstić information content (AvgIpc) is 3.05. The van der Waals surface area contributed by atoms with Crippen molar-refractivity contribution in [2.45, 2.75) is 6.92 Å². The Balaban J connectivity index is 2.14. The van der Waals surface area contributed by atoms with Crippen LogP contribution in [0.2, 0.25) is 0 Å². The predicted molar refractivity (Wildman–Crippen MR) is 73.0 cm³/mol. The highest BCUT2D eigenvalue weighted by atomic mass is 16.4. The molecule has 3 aromatic heterocycles. The standard InChI is InChI=1S/C14H11N3O3/c1-8-12-9(4-5-11(18)19)7-15-14(12)17-13(16-8)10-3-2-6-20-10/h2-7H,1H3,(H,18,19)(H,15,16,17)/b5-4+. The number of fused-ring (bicyclic) bond motifs is 1. The Morgan fingerprint density at radius 2 is 2.30 bits per heavy atom. The Labute approximate surface area is 113 Å². The van der Waals surface area contributed by atoms with Gasteiger partial charge in [0.05, 0.1) is 12.0 Å². The second-order valence-electron chi connectivity index (χ2n) is 4.25. The summed E-state index contributed by atoms with van der Waals surface area (Å²) in [6.45, 7) is 1.85. The van der Waals surface area contributed by atoms with E-state index in [9.17, 15) is 4.79 Å². The van der Waals surface area contributed by atoms with Crippen LogP contribution < -0.4 is 0 Å². The summed E-state index contributed by atoms with van der Waals surface area (Å²) in [6, 6.07) is 3.56. The number of hydrogen-bond donors (Lipinski definition) is 2. The van der Waals surface area contributed by atoms with Crippen LogP contribution in [0.3, 0.4) is 0 Å². The van der Waals surface area contributed by atoms with E-state index >= 15 is 0 Å². The Morgan fingerprint density at radius 3 is 3.00 bits per heavy atom. The fraction of sp³-hybridized carbons (Fsp3) is 0.0714. The third-order valence-electron chi connectivity index (χ3n) is 2.89. The summed E-state index contributed by atoms with van der Waals surface area (Å²) in [4.78, 5) is 22.4. The molecule has 0 spiro atoms. The van der Waals surface area contributed by atoms with Gasteiger partial charge in [-0.25, -0.2) is 14.8 Å². The fourth-order valence-electron chi connectivity index (χ4n) is 2.05. The predicted octanol–water partition coefficient (Wildman–Crippen LogP) is 2.62. The molecule has 2 N–H and O–H groups in total. The van der Waals surface area contributed by atoms with Crippen LogP contribution >= 0.6 is 0 Å². The number of carboxylic acid groups (broad SMARTS) is 1. The molecule has 6 heteroatoms. The van der Waals surface area contributed by atoms with Crippen molar-refractivity contribution in [2.75, 3.05) is 0 Å². The van der Waals surface area contributed by atoms with Gasteiger partial charge in [-0.1, -0.05) is 0 Å². The molecule has 0 aliphatic heterocycles. The van der Waals surface area contributed by atoms with Gasteiger partial charge in [-0.15, -0.1) is 0 Å². The molecule has 0 unspecified atom stereocenters. The third kappa shape index (κ3) is 2.07. The van der Waals surface area contributed by atoms with Crippen LogP contribution in [0.15, 0.2) is 35.1 Å². The lowest BCUT2D eigenvalue weighted by Gasteiger charge is -2.00. The molecule has 100 valence electrons. The van der Waals surface area contributed by atoms with Crippen LogP contribution in [0, 0.1) is 6.92 Å². The Morgan fingerprint density at radius 1 is 1.45 bits per heavy atom. The number of nitrogens with one attached hydrogen (secondary N) is 1. The van der Waals surface area contributed by atoms with Crippen LogP contribution in [-0.2, 0) is 4.79 Å². The molecule has 3 heterocycles. The molecule has 6 nitrogen and oxygen atoms in total. The molecular formula is C14H11N3O3. The molecule has 0 atom stereocenters.